The standard InChI is InChI=1S/C16H15N2O3/c19-12-11-18(15-9-5-2-6-10-15)17-16(20)21-13-14-7-3-1-4-8-14/h1-10H,11,13H2,(H,17,20). The van der Waals surface area contributed by atoms with E-state index >= 15 is 0 Å². The van der Waals surface area contributed by atoms with E-state index in [2.05, 4.69) is 5.43 Å². The van der Waals surface area contributed by atoms with Gasteiger partial charge in [-0.15, -0.1) is 0 Å². The molecule has 0 spiro atoms. The maximum absolute atomic E-state index is 11.8. The monoisotopic (exact) mass is 283 g/mol. The molecule has 0 atom stereocenters. The van der Waals surface area contributed by atoms with Crippen LogP contribution in [0.5, 0.6) is 0 Å². The van der Waals surface area contributed by atoms with E-state index in [0.717, 1.165) is 5.56 Å². The number of hydrazine groups is 1. The van der Waals surface area contributed by atoms with Crippen molar-refractivity contribution in [1.29, 1.82) is 0 Å². The fraction of sp³-hybridized carbons (Fsp3) is 0.125. The number of hydrogen-bond donors (Lipinski definition) is 1. The third-order valence-corrected chi connectivity index (χ3v) is 2.73. The number of amides is 1. The van der Waals surface area contributed by atoms with Crippen molar-refractivity contribution in [1.82, 2.24) is 5.43 Å². The second kappa shape index (κ2) is 7.69. The molecule has 0 aliphatic carbocycles. The molecule has 0 fully saturated rings. The Morgan fingerprint density at radius 1 is 1.05 bits per heavy atom. The van der Waals surface area contributed by atoms with Crippen LogP contribution < -0.4 is 10.4 Å². The van der Waals surface area contributed by atoms with Gasteiger partial charge in [0, 0.05) is 0 Å². The lowest BCUT2D eigenvalue weighted by atomic mass is 10.2. The van der Waals surface area contributed by atoms with Crippen LogP contribution in [0.15, 0.2) is 60.7 Å². The highest BCUT2D eigenvalue weighted by molar-refractivity contribution is 5.72. The average molecular weight is 283 g/mol. The van der Waals surface area contributed by atoms with Crippen LogP contribution in [-0.2, 0) is 16.1 Å². The molecule has 0 saturated carbocycles. The molecule has 0 saturated heterocycles. The lowest BCUT2D eigenvalue weighted by Crippen LogP contribution is -2.43. The summed E-state index contributed by atoms with van der Waals surface area (Å²) in [5, 5.41) is 1.38. The zero-order valence-electron chi connectivity index (χ0n) is 11.4. The van der Waals surface area contributed by atoms with E-state index in [4.69, 9.17) is 4.74 Å². The Morgan fingerprint density at radius 2 is 1.67 bits per heavy atom. The van der Waals surface area contributed by atoms with Crippen molar-refractivity contribution in [2.45, 2.75) is 6.61 Å². The number of hydrogen-bond acceptors (Lipinski definition) is 4. The van der Waals surface area contributed by atoms with E-state index in [0.29, 0.717) is 5.69 Å². The van der Waals surface area contributed by atoms with Gasteiger partial charge in [-0.3, -0.25) is 9.80 Å². The minimum Gasteiger partial charge on any atom is -0.443 e. The molecular weight excluding hydrogens is 268 g/mol. The first-order valence-electron chi connectivity index (χ1n) is 6.44. The largest absolute Gasteiger partial charge is 0.443 e. The predicted octanol–water partition coefficient (Wildman–Crippen LogP) is 2.44. The molecule has 0 aliphatic rings. The van der Waals surface area contributed by atoms with Gasteiger partial charge < -0.3 is 4.74 Å². The minimum atomic E-state index is -0.627. The van der Waals surface area contributed by atoms with Crippen molar-refractivity contribution in [3.8, 4) is 0 Å². The number of nitrogens with zero attached hydrogens (tertiary/aromatic N) is 1. The Balaban J connectivity index is 1.91. The molecule has 0 bridgehead atoms. The van der Waals surface area contributed by atoms with Gasteiger partial charge >= 0.3 is 6.09 Å². The van der Waals surface area contributed by atoms with E-state index in [1.807, 2.05) is 48.5 Å². The van der Waals surface area contributed by atoms with Gasteiger partial charge in [-0.25, -0.2) is 10.2 Å². The molecule has 1 N–H and O–H groups in total. The number of benzene rings is 2. The summed E-state index contributed by atoms with van der Waals surface area (Å²) >= 11 is 0. The lowest BCUT2D eigenvalue weighted by molar-refractivity contribution is 0.139. The van der Waals surface area contributed by atoms with E-state index in [9.17, 15) is 9.59 Å². The molecule has 21 heavy (non-hydrogen) atoms. The zero-order valence-corrected chi connectivity index (χ0v) is 11.4. The molecule has 5 nitrogen and oxygen atoms in total. The van der Waals surface area contributed by atoms with Crippen molar-refractivity contribution in [3.05, 3.63) is 66.2 Å². The third-order valence-electron chi connectivity index (χ3n) is 2.73. The summed E-state index contributed by atoms with van der Waals surface area (Å²) in [6.07, 6.45) is 1.12. The highest BCUT2D eigenvalue weighted by atomic mass is 16.6. The Hall–Kier alpha value is -2.82. The number of nitrogens with one attached hydrogen (secondary N) is 1. The zero-order chi connectivity index (χ0) is 14.9. The number of ether oxygens (including phenoxy) is 1. The van der Waals surface area contributed by atoms with Gasteiger partial charge in [0.25, 0.3) is 0 Å². The fourth-order valence-corrected chi connectivity index (χ4v) is 1.73. The molecule has 1 radical (unpaired) electrons. The maximum atomic E-state index is 11.8. The van der Waals surface area contributed by atoms with Gasteiger partial charge in [0.1, 0.15) is 13.2 Å². The minimum absolute atomic E-state index is 0.0789. The molecule has 2 aromatic rings. The summed E-state index contributed by atoms with van der Waals surface area (Å²) in [5.41, 5.74) is 4.08. The summed E-state index contributed by atoms with van der Waals surface area (Å²) in [7, 11) is 0. The van der Waals surface area contributed by atoms with E-state index in [1.54, 1.807) is 18.4 Å². The topological polar surface area (TPSA) is 58.6 Å². The quantitative estimate of drug-likeness (QED) is 0.827. The predicted molar refractivity (Wildman–Crippen MR) is 79.2 cm³/mol. The normalized spacial score (nSPS) is 9.71. The van der Waals surface area contributed by atoms with Crippen LogP contribution in [0.2, 0.25) is 0 Å². The summed E-state index contributed by atoms with van der Waals surface area (Å²) in [6, 6.07) is 18.4. The van der Waals surface area contributed by atoms with Gasteiger partial charge in [0.05, 0.1) is 5.69 Å². The second-order valence-electron chi connectivity index (χ2n) is 4.24. The maximum Gasteiger partial charge on any atom is 0.426 e. The van der Waals surface area contributed by atoms with Crippen LogP contribution in [0.4, 0.5) is 10.5 Å². The highest BCUT2D eigenvalue weighted by Gasteiger charge is 2.11. The SMILES string of the molecule is O=[C]CN(NC(=O)OCc1ccccc1)c1ccccc1. The van der Waals surface area contributed by atoms with Gasteiger partial charge in [0.15, 0.2) is 0 Å². The van der Waals surface area contributed by atoms with Gasteiger partial charge in [-0.1, -0.05) is 48.5 Å². The van der Waals surface area contributed by atoms with Crippen LogP contribution in [0, 0.1) is 0 Å². The number of para-hydroxylation sites is 1. The van der Waals surface area contributed by atoms with Crippen LogP contribution in [0.25, 0.3) is 0 Å². The average Bonchev–Trinajstić information content (AvgIpc) is 2.54. The highest BCUT2D eigenvalue weighted by Crippen LogP contribution is 2.10. The van der Waals surface area contributed by atoms with Crippen LogP contribution >= 0.6 is 0 Å². The first-order chi connectivity index (χ1) is 10.3. The number of carbonyl (C=O) groups is 1. The molecule has 5 heteroatoms. The third kappa shape index (κ3) is 4.65. The van der Waals surface area contributed by atoms with E-state index in [-0.39, 0.29) is 13.2 Å². The number of carbonyl (C=O) groups excluding carboxylic acids is 2. The summed E-state index contributed by atoms with van der Waals surface area (Å²) in [4.78, 5) is 22.4. The summed E-state index contributed by atoms with van der Waals surface area (Å²) in [5.74, 6) is 0. The van der Waals surface area contributed by atoms with E-state index in [1.165, 1.54) is 5.01 Å². The molecule has 1 amide bonds. The Labute approximate surface area is 123 Å². The van der Waals surface area contributed by atoms with Crippen molar-refractivity contribution in [2.75, 3.05) is 11.6 Å². The van der Waals surface area contributed by atoms with Gasteiger partial charge in [-0.05, 0) is 17.7 Å². The molecular formula is C16H15N2O3. The summed E-state index contributed by atoms with van der Waals surface area (Å²) in [6.45, 7) is 0.0879. The van der Waals surface area contributed by atoms with Crippen molar-refractivity contribution < 1.29 is 14.3 Å². The smallest absolute Gasteiger partial charge is 0.426 e. The number of rotatable bonds is 6. The van der Waals surface area contributed by atoms with Crippen LogP contribution in [-0.4, -0.2) is 18.9 Å². The Morgan fingerprint density at radius 3 is 2.29 bits per heavy atom. The van der Waals surface area contributed by atoms with E-state index < -0.39 is 6.09 Å². The molecule has 0 unspecified atom stereocenters. The van der Waals surface area contributed by atoms with Crippen LogP contribution in [0.1, 0.15) is 5.56 Å². The summed E-state index contributed by atoms with van der Waals surface area (Å²) < 4.78 is 5.10. The Bertz CT molecular complexity index is 573. The fourth-order valence-electron chi connectivity index (χ4n) is 1.73. The first kappa shape index (κ1) is 14.6. The van der Waals surface area contributed by atoms with Gasteiger partial charge in [0.2, 0.25) is 6.29 Å². The molecule has 2 rings (SSSR count). The molecule has 0 aliphatic heterocycles. The van der Waals surface area contributed by atoms with Crippen molar-refractivity contribution in [3.63, 3.8) is 0 Å². The number of anilines is 1. The van der Waals surface area contributed by atoms with Crippen molar-refractivity contribution >= 4 is 18.1 Å². The van der Waals surface area contributed by atoms with Gasteiger partial charge in [-0.2, -0.15) is 0 Å². The van der Waals surface area contributed by atoms with Crippen molar-refractivity contribution in [2.24, 2.45) is 0 Å². The lowest BCUT2D eigenvalue weighted by Gasteiger charge is -2.22. The molecule has 2 aromatic carbocycles. The molecule has 107 valence electrons. The second-order valence-corrected chi connectivity index (χ2v) is 4.24. The Kier molecular flexibility index (Phi) is 5.34. The first-order valence-corrected chi connectivity index (χ1v) is 6.44. The molecule has 0 aromatic heterocycles. The molecule has 0 heterocycles. The van der Waals surface area contributed by atoms with Crippen LogP contribution in [0.3, 0.4) is 0 Å².